The minimum Gasteiger partial charge on any atom is -0.477 e. The lowest BCUT2D eigenvalue weighted by molar-refractivity contribution is 0.0672. The van der Waals surface area contributed by atoms with E-state index in [-0.39, 0.29) is 17.9 Å². The number of aromatic amines is 1. The molecule has 0 aromatic carbocycles. The zero-order valence-corrected chi connectivity index (χ0v) is 9.93. The second-order valence-electron chi connectivity index (χ2n) is 3.29. The minimum absolute atomic E-state index is 0.139. The zero-order chi connectivity index (χ0) is 13.4. The lowest BCUT2D eigenvalue weighted by Gasteiger charge is -2.05. The molecule has 0 aliphatic carbocycles. The molecule has 0 fully saturated rings. The second kappa shape index (κ2) is 7.41. The number of nitrogens with zero attached hydrogens (tertiary/aromatic N) is 1. The molecular weight excluding hydrogens is 242 g/mol. The quantitative estimate of drug-likeness (QED) is 0.541. The van der Waals surface area contributed by atoms with E-state index >= 15 is 0 Å². The highest BCUT2D eigenvalue weighted by molar-refractivity contribution is 6.02. The summed E-state index contributed by atoms with van der Waals surface area (Å²) < 4.78 is 9.91. The van der Waals surface area contributed by atoms with E-state index in [4.69, 9.17) is 14.6 Å². The van der Waals surface area contributed by atoms with Crippen molar-refractivity contribution in [1.82, 2.24) is 15.3 Å². The number of hydrogen-bond acceptors (Lipinski definition) is 5. The molecule has 0 aliphatic rings. The number of rotatable bonds is 8. The van der Waals surface area contributed by atoms with Crippen molar-refractivity contribution in [2.75, 3.05) is 33.5 Å². The van der Waals surface area contributed by atoms with Crippen molar-refractivity contribution in [2.24, 2.45) is 0 Å². The maximum Gasteiger partial charge on any atom is 0.354 e. The fourth-order valence-electron chi connectivity index (χ4n) is 1.19. The number of aromatic carboxylic acids is 1. The number of carboxylic acids is 1. The van der Waals surface area contributed by atoms with Gasteiger partial charge < -0.3 is 24.9 Å². The minimum atomic E-state index is -1.23. The first-order valence-electron chi connectivity index (χ1n) is 5.28. The predicted octanol–water partition coefficient (Wildman–Crippen LogP) is -0.499. The van der Waals surface area contributed by atoms with Gasteiger partial charge in [0, 0.05) is 13.7 Å². The van der Waals surface area contributed by atoms with E-state index in [9.17, 15) is 9.59 Å². The zero-order valence-electron chi connectivity index (χ0n) is 9.93. The van der Waals surface area contributed by atoms with Crippen LogP contribution in [0.15, 0.2) is 6.33 Å². The van der Waals surface area contributed by atoms with Crippen molar-refractivity contribution >= 4 is 11.9 Å². The van der Waals surface area contributed by atoms with Gasteiger partial charge in [-0.2, -0.15) is 0 Å². The first kappa shape index (κ1) is 14.1. The molecule has 0 saturated carbocycles. The van der Waals surface area contributed by atoms with E-state index < -0.39 is 11.9 Å². The van der Waals surface area contributed by atoms with Crippen LogP contribution in [0.25, 0.3) is 0 Å². The molecule has 1 heterocycles. The summed E-state index contributed by atoms with van der Waals surface area (Å²) in [5.41, 5.74) is -0.368. The van der Waals surface area contributed by atoms with E-state index in [1.165, 1.54) is 0 Å². The maximum absolute atomic E-state index is 11.6. The number of imidazole rings is 1. The van der Waals surface area contributed by atoms with Crippen LogP contribution >= 0.6 is 0 Å². The van der Waals surface area contributed by atoms with Gasteiger partial charge in [-0.05, 0) is 0 Å². The van der Waals surface area contributed by atoms with Crippen LogP contribution in [0.5, 0.6) is 0 Å². The van der Waals surface area contributed by atoms with Crippen LogP contribution in [-0.2, 0) is 9.47 Å². The topological polar surface area (TPSA) is 114 Å². The van der Waals surface area contributed by atoms with Crippen LogP contribution in [0.4, 0.5) is 0 Å². The molecule has 0 aliphatic heterocycles. The molecule has 0 bridgehead atoms. The summed E-state index contributed by atoms with van der Waals surface area (Å²) in [6, 6.07) is 0. The molecule has 8 nitrogen and oxygen atoms in total. The molecule has 1 amide bonds. The molecule has 0 saturated heterocycles. The second-order valence-corrected chi connectivity index (χ2v) is 3.29. The Morgan fingerprint density at radius 3 is 2.89 bits per heavy atom. The fraction of sp³-hybridized carbons (Fsp3) is 0.500. The highest BCUT2D eigenvalue weighted by Crippen LogP contribution is 2.01. The van der Waals surface area contributed by atoms with Crippen molar-refractivity contribution < 1.29 is 24.2 Å². The first-order chi connectivity index (χ1) is 8.66. The summed E-state index contributed by atoms with van der Waals surface area (Å²) >= 11 is 0. The van der Waals surface area contributed by atoms with Crippen LogP contribution in [-0.4, -0.2) is 60.4 Å². The number of ether oxygens (including phenoxy) is 2. The third-order valence-corrected chi connectivity index (χ3v) is 2.03. The Hall–Kier alpha value is -1.93. The third kappa shape index (κ3) is 4.15. The van der Waals surface area contributed by atoms with Crippen LogP contribution < -0.4 is 5.32 Å². The van der Waals surface area contributed by atoms with Gasteiger partial charge in [0.05, 0.1) is 26.1 Å². The molecule has 1 aromatic rings. The van der Waals surface area contributed by atoms with Crippen LogP contribution in [0, 0.1) is 0 Å². The SMILES string of the molecule is COCCOCCNC(=O)c1nc[nH]c1C(=O)O. The Kier molecular flexibility index (Phi) is 5.81. The highest BCUT2D eigenvalue weighted by Gasteiger charge is 2.18. The number of carbonyl (C=O) groups is 2. The number of amides is 1. The summed E-state index contributed by atoms with van der Waals surface area (Å²) in [5.74, 6) is -1.78. The third-order valence-electron chi connectivity index (χ3n) is 2.03. The molecular formula is C10H15N3O5. The smallest absolute Gasteiger partial charge is 0.354 e. The van der Waals surface area contributed by atoms with Gasteiger partial charge in [-0.1, -0.05) is 0 Å². The normalized spacial score (nSPS) is 10.3. The molecule has 0 atom stereocenters. The van der Waals surface area contributed by atoms with E-state index in [1.807, 2.05) is 0 Å². The van der Waals surface area contributed by atoms with Crippen molar-refractivity contribution in [3.05, 3.63) is 17.7 Å². The van der Waals surface area contributed by atoms with Crippen molar-refractivity contribution in [2.45, 2.75) is 0 Å². The summed E-state index contributed by atoms with van der Waals surface area (Å²) in [5, 5.41) is 11.3. The number of nitrogens with one attached hydrogen (secondary N) is 2. The number of methoxy groups -OCH3 is 1. The van der Waals surface area contributed by atoms with Crippen molar-refractivity contribution in [3.63, 3.8) is 0 Å². The van der Waals surface area contributed by atoms with Gasteiger partial charge in [0.2, 0.25) is 0 Å². The van der Waals surface area contributed by atoms with Gasteiger partial charge >= 0.3 is 5.97 Å². The number of carboxylic acid groups (broad SMARTS) is 1. The van der Waals surface area contributed by atoms with Gasteiger partial charge in [0.25, 0.3) is 5.91 Å². The highest BCUT2D eigenvalue weighted by atomic mass is 16.5. The summed E-state index contributed by atoms with van der Waals surface area (Å²) in [7, 11) is 1.57. The van der Waals surface area contributed by atoms with E-state index in [1.54, 1.807) is 7.11 Å². The Morgan fingerprint density at radius 2 is 2.22 bits per heavy atom. The molecule has 1 aromatic heterocycles. The maximum atomic E-state index is 11.6. The molecule has 3 N–H and O–H groups in total. The molecule has 18 heavy (non-hydrogen) atoms. The number of carbonyl (C=O) groups excluding carboxylic acids is 1. The van der Waals surface area contributed by atoms with Gasteiger partial charge in [-0.15, -0.1) is 0 Å². The van der Waals surface area contributed by atoms with Gasteiger partial charge in [-0.3, -0.25) is 4.79 Å². The lowest BCUT2D eigenvalue weighted by Crippen LogP contribution is -2.29. The van der Waals surface area contributed by atoms with Crippen molar-refractivity contribution in [3.8, 4) is 0 Å². The Bertz CT molecular complexity index is 404. The van der Waals surface area contributed by atoms with Crippen molar-refractivity contribution in [1.29, 1.82) is 0 Å². The fourth-order valence-corrected chi connectivity index (χ4v) is 1.19. The average molecular weight is 257 g/mol. The molecule has 0 unspecified atom stereocenters. The number of aromatic nitrogens is 2. The number of H-pyrrole nitrogens is 1. The van der Waals surface area contributed by atoms with Gasteiger partial charge in [-0.25, -0.2) is 9.78 Å². The summed E-state index contributed by atoms with van der Waals surface area (Å²) in [6.07, 6.45) is 1.16. The van der Waals surface area contributed by atoms with Crippen LogP contribution in [0.2, 0.25) is 0 Å². The first-order valence-corrected chi connectivity index (χ1v) is 5.28. The standard InChI is InChI=1S/C10H15N3O5/c1-17-4-5-18-3-2-11-9(14)7-8(10(15)16)13-6-12-7/h6H,2-5H2,1H3,(H,11,14)(H,12,13)(H,15,16). The van der Waals surface area contributed by atoms with Gasteiger partial charge in [0.15, 0.2) is 11.4 Å². The monoisotopic (exact) mass is 257 g/mol. The van der Waals surface area contributed by atoms with Crippen LogP contribution in [0.3, 0.4) is 0 Å². The summed E-state index contributed by atoms with van der Waals surface area (Å²) in [6.45, 7) is 1.52. The molecule has 0 radical (unpaired) electrons. The lowest BCUT2D eigenvalue weighted by atomic mass is 10.3. The summed E-state index contributed by atoms with van der Waals surface area (Å²) in [4.78, 5) is 28.4. The van der Waals surface area contributed by atoms with E-state index in [2.05, 4.69) is 15.3 Å². The Balaban J connectivity index is 2.32. The Labute approximate surface area is 103 Å². The van der Waals surface area contributed by atoms with Crippen LogP contribution in [0.1, 0.15) is 21.0 Å². The number of hydrogen-bond donors (Lipinski definition) is 3. The predicted molar refractivity (Wildman–Crippen MR) is 60.6 cm³/mol. The molecule has 1 rings (SSSR count). The van der Waals surface area contributed by atoms with Gasteiger partial charge in [0.1, 0.15) is 0 Å². The molecule has 8 heteroatoms. The Morgan fingerprint density at radius 1 is 1.44 bits per heavy atom. The average Bonchev–Trinajstić information content (AvgIpc) is 2.82. The molecule has 100 valence electrons. The largest absolute Gasteiger partial charge is 0.477 e. The van der Waals surface area contributed by atoms with E-state index in [0.29, 0.717) is 19.8 Å². The molecule has 0 spiro atoms. The van der Waals surface area contributed by atoms with E-state index in [0.717, 1.165) is 6.33 Å².